The van der Waals surface area contributed by atoms with Crippen LogP contribution >= 0.6 is 24.0 Å². The van der Waals surface area contributed by atoms with Gasteiger partial charge in [0.2, 0.25) is 11.8 Å². The molecule has 0 unspecified atom stereocenters. The fourth-order valence-corrected chi connectivity index (χ4v) is 2.59. The van der Waals surface area contributed by atoms with E-state index in [0.29, 0.717) is 36.2 Å². The Hall–Kier alpha value is -2.83. The number of nitrogens with zero attached hydrogens (tertiary/aromatic N) is 3. The van der Waals surface area contributed by atoms with Gasteiger partial charge in [-0.25, -0.2) is 9.97 Å². The number of pyridine rings is 1. The largest absolute Gasteiger partial charge is 0.468 e. The third-order valence-corrected chi connectivity index (χ3v) is 4.15. The van der Waals surface area contributed by atoms with Crippen molar-refractivity contribution >= 4 is 29.9 Å². The second-order valence-electron chi connectivity index (χ2n) is 6.70. The SMILES string of the molecule is CN=C(NCc1ccnc(OCC(F)(F)F)c1)NCc1coc(-c2ccc(C)cc2)n1.I. The molecule has 2 N–H and O–H groups in total. The van der Waals surface area contributed by atoms with Crippen LogP contribution in [0.2, 0.25) is 0 Å². The molecule has 0 aliphatic rings. The molecule has 0 saturated carbocycles. The van der Waals surface area contributed by atoms with Crippen molar-refractivity contribution in [3.8, 4) is 17.3 Å². The zero-order chi connectivity index (χ0) is 22.3. The Kier molecular flexibility index (Phi) is 9.29. The molecule has 1 aromatic carbocycles. The Bertz CT molecular complexity index is 1020. The van der Waals surface area contributed by atoms with Crippen molar-refractivity contribution in [2.45, 2.75) is 26.2 Å². The van der Waals surface area contributed by atoms with E-state index >= 15 is 0 Å². The second-order valence-corrected chi connectivity index (χ2v) is 6.70. The number of aryl methyl sites for hydroxylation is 1. The summed E-state index contributed by atoms with van der Waals surface area (Å²) < 4.78 is 47.0. The molecule has 0 atom stereocenters. The predicted octanol–water partition coefficient (Wildman–Crippen LogP) is 4.47. The highest BCUT2D eigenvalue weighted by Gasteiger charge is 2.28. The Morgan fingerprint density at radius 2 is 1.84 bits per heavy atom. The van der Waals surface area contributed by atoms with Gasteiger partial charge in [-0.2, -0.15) is 13.2 Å². The molecule has 11 heteroatoms. The van der Waals surface area contributed by atoms with Crippen LogP contribution in [0, 0.1) is 6.92 Å². The Morgan fingerprint density at radius 1 is 1.12 bits per heavy atom. The molecule has 3 rings (SSSR count). The van der Waals surface area contributed by atoms with Gasteiger partial charge >= 0.3 is 6.18 Å². The molecule has 0 bridgehead atoms. The van der Waals surface area contributed by atoms with E-state index in [2.05, 4.69) is 30.3 Å². The van der Waals surface area contributed by atoms with Crippen LogP contribution in [0.1, 0.15) is 16.8 Å². The third kappa shape index (κ3) is 8.02. The molecule has 0 amide bonds. The Balaban J connectivity index is 0.00000363. The summed E-state index contributed by atoms with van der Waals surface area (Å²) in [7, 11) is 1.61. The molecule has 2 heterocycles. The van der Waals surface area contributed by atoms with Gasteiger partial charge in [0.05, 0.1) is 12.2 Å². The number of rotatable bonds is 7. The molecule has 172 valence electrons. The van der Waals surface area contributed by atoms with Crippen LogP contribution in [0.4, 0.5) is 13.2 Å². The fraction of sp³-hybridized carbons (Fsp3) is 0.286. The van der Waals surface area contributed by atoms with Crippen molar-refractivity contribution < 1.29 is 22.3 Å². The van der Waals surface area contributed by atoms with Crippen molar-refractivity contribution in [2.75, 3.05) is 13.7 Å². The van der Waals surface area contributed by atoms with Crippen LogP contribution in [0.5, 0.6) is 5.88 Å². The van der Waals surface area contributed by atoms with Crippen LogP contribution in [0.3, 0.4) is 0 Å². The summed E-state index contributed by atoms with van der Waals surface area (Å²) in [6.07, 6.45) is -1.45. The summed E-state index contributed by atoms with van der Waals surface area (Å²) in [5, 5.41) is 6.19. The van der Waals surface area contributed by atoms with E-state index < -0.39 is 12.8 Å². The summed E-state index contributed by atoms with van der Waals surface area (Å²) in [5.41, 5.74) is 3.43. The lowest BCUT2D eigenvalue weighted by molar-refractivity contribution is -0.154. The second kappa shape index (κ2) is 11.7. The van der Waals surface area contributed by atoms with Crippen LogP contribution in [-0.4, -0.2) is 35.8 Å². The average Bonchev–Trinajstić information content (AvgIpc) is 3.22. The first-order valence-corrected chi connectivity index (χ1v) is 9.43. The summed E-state index contributed by atoms with van der Waals surface area (Å²) in [6, 6.07) is 11.0. The number of aromatic nitrogens is 2. The predicted molar refractivity (Wildman–Crippen MR) is 125 cm³/mol. The quantitative estimate of drug-likeness (QED) is 0.252. The van der Waals surface area contributed by atoms with Crippen molar-refractivity contribution in [1.82, 2.24) is 20.6 Å². The lowest BCUT2D eigenvalue weighted by Crippen LogP contribution is -2.36. The maximum absolute atomic E-state index is 12.3. The van der Waals surface area contributed by atoms with Crippen molar-refractivity contribution in [3.63, 3.8) is 0 Å². The molecule has 32 heavy (non-hydrogen) atoms. The number of oxazole rings is 1. The number of hydrogen-bond donors (Lipinski definition) is 2. The van der Waals surface area contributed by atoms with Crippen molar-refractivity contribution in [2.24, 2.45) is 4.99 Å². The zero-order valence-corrected chi connectivity index (χ0v) is 19.8. The fourth-order valence-electron chi connectivity index (χ4n) is 2.59. The molecule has 0 spiro atoms. The minimum atomic E-state index is -4.41. The van der Waals surface area contributed by atoms with Gasteiger partial charge < -0.3 is 19.8 Å². The monoisotopic (exact) mass is 561 g/mol. The van der Waals surface area contributed by atoms with E-state index in [4.69, 9.17) is 4.42 Å². The van der Waals surface area contributed by atoms with Crippen molar-refractivity contribution in [3.05, 3.63) is 65.7 Å². The van der Waals surface area contributed by atoms with Gasteiger partial charge in [0.15, 0.2) is 12.6 Å². The maximum Gasteiger partial charge on any atom is 0.422 e. The molecule has 0 aliphatic carbocycles. The first-order chi connectivity index (χ1) is 14.8. The standard InChI is InChI=1S/C21H22F3N5O2.HI/c1-14-3-5-16(6-4-14)19-29-17(12-30-19)11-28-20(25-2)27-10-15-7-8-26-18(9-15)31-13-21(22,23)24;/h3-9,12H,10-11,13H2,1-2H3,(H2,25,27,28);1H. The summed E-state index contributed by atoms with van der Waals surface area (Å²) >= 11 is 0. The molecular formula is C21H23F3IN5O2. The Morgan fingerprint density at radius 3 is 2.53 bits per heavy atom. The lowest BCUT2D eigenvalue weighted by Gasteiger charge is -2.12. The van der Waals surface area contributed by atoms with Crippen LogP contribution < -0.4 is 15.4 Å². The summed E-state index contributed by atoms with van der Waals surface area (Å²) in [4.78, 5) is 12.4. The van der Waals surface area contributed by atoms with Crippen LogP contribution in [0.15, 0.2) is 58.3 Å². The topological polar surface area (TPSA) is 84.6 Å². The third-order valence-electron chi connectivity index (χ3n) is 4.15. The Labute approximate surface area is 200 Å². The minimum Gasteiger partial charge on any atom is -0.468 e. The van der Waals surface area contributed by atoms with E-state index in [1.54, 1.807) is 19.4 Å². The zero-order valence-electron chi connectivity index (χ0n) is 17.4. The van der Waals surface area contributed by atoms with Gasteiger partial charge in [-0.05, 0) is 30.7 Å². The van der Waals surface area contributed by atoms with Crippen molar-refractivity contribution in [1.29, 1.82) is 0 Å². The van der Waals surface area contributed by atoms with E-state index in [1.807, 2.05) is 31.2 Å². The van der Waals surface area contributed by atoms with E-state index in [0.717, 1.165) is 11.1 Å². The van der Waals surface area contributed by atoms with Crippen LogP contribution in [-0.2, 0) is 13.1 Å². The first-order valence-electron chi connectivity index (χ1n) is 9.43. The molecule has 2 aromatic heterocycles. The smallest absolute Gasteiger partial charge is 0.422 e. The number of halogens is 4. The number of aliphatic imine (C=N–C) groups is 1. The number of benzene rings is 1. The summed E-state index contributed by atoms with van der Waals surface area (Å²) in [6.45, 7) is 1.32. The molecular weight excluding hydrogens is 538 g/mol. The van der Waals surface area contributed by atoms with Gasteiger partial charge in [-0.3, -0.25) is 4.99 Å². The molecule has 7 nitrogen and oxygen atoms in total. The maximum atomic E-state index is 12.3. The molecule has 0 radical (unpaired) electrons. The van der Waals surface area contributed by atoms with Gasteiger partial charge in [0, 0.05) is 31.4 Å². The summed E-state index contributed by atoms with van der Waals surface area (Å²) in [5.74, 6) is 0.933. The van der Waals surface area contributed by atoms with E-state index in [-0.39, 0.29) is 29.9 Å². The number of nitrogens with one attached hydrogen (secondary N) is 2. The number of guanidine groups is 1. The van der Waals surface area contributed by atoms with Gasteiger partial charge in [-0.15, -0.1) is 24.0 Å². The molecule has 0 aliphatic heterocycles. The number of alkyl halides is 3. The molecule has 0 saturated heterocycles. The number of ether oxygens (including phenoxy) is 1. The van der Waals surface area contributed by atoms with Crippen LogP contribution in [0.25, 0.3) is 11.5 Å². The minimum absolute atomic E-state index is 0. The highest BCUT2D eigenvalue weighted by Crippen LogP contribution is 2.19. The first kappa shape index (κ1) is 25.4. The van der Waals surface area contributed by atoms with Gasteiger partial charge in [0.1, 0.15) is 6.26 Å². The van der Waals surface area contributed by atoms with E-state index in [9.17, 15) is 13.2 Å². The molecule has 3 aromatic rings. The molecule has 0 fully saturated rings. The highest BCUT2D eigenvalue weighted by molar-refractivity contribution is 14.0. The highest BCUT2D eigenvalue weighted by atomic mass is 127. The average molecular weight is 561 g/mol. The van der Waals surface area contributed by atoms with Gasteiger partial charge in [-0.1, -0.05) is 17.7 Å². The van der Waals surface area contributed by atoms with E-state index in [1.165, 1.54) is 12.3 Å². The number of hydrogen-bond acceptors (Lipinski definition) is 5. The lowest BCUT2D eigenvalue weighted by atomic mass is 10.1. The normalized spacial score (nSPS) is 11.6. The van der Waals surface area contributed by atoms with Gasteiger partial charge in [0.25, 0.3) is 0 Å².